The summed E-state index contributed by atoms with van der Waals surface area (Å²) in [7, 11) is 0. The average molecular weight is 486 g/mol. The van der Waals surface area contributed by atoms with Crippen LogP contribution in [0.25, 0.3) is 11.3 Å². The topological polar surface area (TPSA) is 62.3 Å². The number of anilines is 2. The van der Waals surface area contributed by atoms with Gasteiger partial charge in [0.1, 0.15) is 5.82 Å². The fourth-order valence-electron chi connectivity index (χ4n) is 4.48. The molecule has 5 rings (SSSR count). The molecule has 35 heavy (non-hydrogen) atoms. The van der Waals surface area contributed by atoms with Crippen molar-refractivity contribution in [2.24, 2.45) is 0 Å². The number of fused-ring (bicyclic) bond motifs is 3. The maximum absolute atomic E-state index is 13.9. The number of hydrogen-bond donors (Lipinski definition) is 1. The summed E-state index contributed by atoms with van der Waals surface area (Å²) in [4.78, 5) is 34.1. The summed E-state index contributed by atoms with van der Waals surface area (Å²) in [5, 5.41) is 3.83. The van der Waals surface area contributed by atoms with E-state index in [1.807, 2.05) is 43.0 Å². The van der Waals surface area contributed by atoms with Gasteiger partial charge in [0.15, 0.2) is 0 Å². The van der Waals surface area contributed by atoms with Crippen LogP contribution in [-0.4, -0.2) is 23.3 Å². The van der Waals surface area contributed by atoms with Crippen molar-refractivity contribution in [2.45, 2.75) is 27.2 Å². The first-order valence-corrected chi connectivity index (χ1v) is 12.2. The molecule has 1 aromatic heterocycles. The lowest BCUT2D eigenvalue weighted by molar-refractivity contribution is 0.0985. The van der Waals surface area contributed by atoms with Gasteiger partial charge in [0.2, 0.25) is 0 Å². The summed E-state index contributed by atoms with van der Waals surface area (Å²) in [6.07, 6.45) is 0.738. The van der Waals surface area contributed by atoms with E-state index in [0.717, 1.165) is 33.9 Å². The molecule has 0 aliphatic carbocycles. The molecule has 7 heteroatoms. The number of halogens is 1. The second kappa shape index (κ2) is 9.07. The Hall–Kier alpha value is -3.84. The number of benzene rings is 3. The van der Waals surface area contributed by atoms with Crippen molar-refractivity contribution in [1.82, 2.24) is 4.98 Å². The zero-order valence-corrected chi connectivity index (χ0v) is 20.5. The van der Waals surface area contributed by atoms with Crippen LogP contribution >= 0.6 is 11.3 Å². The molecule has 3 aromatic carbocycles. The second-order valence-electron chi connectivity index (χ2n) is 8.62. The minimum atomic E-state index is -0.424. The highest BCUT2D eigenvalue weighted by atomic mass is 32.1. The molecule has 5 nitrogen and oxygen atoms in total. The standard InChI is InChI=1S/C28H24FN3O2S/c1-16-15-19(31-27(33)21-8-6-9-23(29)17(21)2)11-12-20(16)28(34)32-14-13-25-26(30-18(3)35-25)22-7-4-5-10-24(22)32/h4-12,15H,13-14H2,1-3H3,(H,31,33). The molecular weight excluding hydrogens is 461 g/mol. The minimum absolute atomic E-state index is 0.0966. The Bertz CT molecular complexity index is 1480. The van der Waals surface area contributed by atoms with Gasteiger partial charge in [-0.05, 0) is 68.3 Å². The first-order valence-electron chi connectivity index (χ1n) is 11.4. The van der Waals surface area contributed by atoms with Crippen LogP contribution in [-0.2, 0) is 6.42 Å². The van der Waals surface area contributed by atoms with Crippen molar-refractivity contribution >= 4 is 34.5 Å². The lowest BCUT2D eigenvalue weighted by atomic mass is 10.0. The Morgan fingerprint density at radius 1 is 1.00 bits per heavy atom. The largest absolute Gasteiger partial charge is 0.322 e. The summed E-state index contributed by atoms with van der Waals surface area (Å²) in [6, 6.07) is 17.5. The Morgan fingerprint density at radius 3 is 2.60 bits per heavy atom. The monoisotopic (exact) mass is 485 g/mol. The van der Waals surface area contributed by atoms with Crippen molar-refractivity contribution in [2.75, 3.05) is 16.8 Å². The summed E-state index contributed by atoms with van der Waals surface area (Å²) in [5.74, 6) is -0.913. The van der Waals surface area contributed by atoms with Gasteiger partial charge in [0.25, 0.3) is 11.8 Å². The number of thiazole rings is 1. The molecular formula is C28H24FN3O2S. The van der Waals surface area contributed by atoms with Crippen LogP contribution in [0, 0.1) is 26.6 Å². The fraction of sp³-hybridized carbons (Fsp3) is 0.179. The fourth-order valence-corrected chi connectivity index (χ4v) is 5.42. The number of carbonyl (C=O) groups is 2. The Kier molecular flexibility index (Phi) is 5.94. The van der Waals surface area contributed by atoms with Gasteiger partial charge in [-0.2, -0.15) is 0 Å². The second-order valence-corrected chi connectivity index (χ2v) is 9.91. The van der Waals surface area contributed by atoms with E-state index in [9.17, 15) is 14.0 Å². The quantitative estimate of drug-likeness (QED) is 0.369. The third-order valence-electron chi connectivity index (χ3n) is 6.29. The number of nitrogens with zero attached hydrogens (tertiary/aromatic N) is 2. The van der Waals surface area contributed by atoms with E-state index in [0.29, 0.717) is 23.4 Å². The number of hydrogen-bond acceptors (Lipinski definition) is 4. The summed E-state index contributed by atoms with van der Waals surface area (Å²) in [5.41, 5.74) is 5.20. The maximum Gasteiger partial charge on any atom is 0.258 e. The van der Waals surface area contributed by atoms with E-state index >= 15 is 0 Å². The van der Waals surface area contributed by atoms with Gasteiger partial charge in [0.05, 0.1) is 16.4 Å². The maximum atomic E-state index is 13.9. The van der Waals surface area contributed by atoms with Crippen LogP contribution in [0.15, 0.2) is 60.7 Å². The number of carbonyl (C=O) groups excluding carboxylic acids is 2. The molecule has 2 amide bonds. The molecule has 0 spiro atoms. The van der Waals surface area contributed by atoms with Crippen LogP contribution in [0.3, 0.4) is 0 Å². The van der Waals surface area contributed by atoms with E-state index in [2.05, 4.69) is 5.32 Å². The lowest BCUT2D eigenvalue weighted by Gasteiger charge is -2.24. The highest BCUT2D eigenvalue weighted by Gasteiger charge is 2.27. The van der Waals surface area contributed by atoms with Gasteiger partial charge in [-0.1, -0.05) is 24.3 Å². The summed E-state index contributed by atoms with van der Waals surface area (Å²) >= 11 is 1.67. The normalized spacial score (nSPS) is 12.5. The van der Waals surface area contributed by atoms with Gasteiger partial charge >= 0.3 is 0 Å². The van der Waals surface area contributed by atoms with Crippen LogP contribution in [0.1, 0.15) is 41.7 Å². The van der Waals surface area contributed by atoms with Gasteiger partial charge in [-0.25, -0.2) is 9.37 Å². The highest BCUT2D eigenvalue weighted by molar-refractivity contribution is 7.12. The molecule has 2 heterocycles. The number of aromatic nitrogens is 1. The van der Waals surface area contributed by atoms with E-state index in [1.165, 1.54) is 17.0 Å². The third-order valence-corrected chi connectivity index (χ3v) is 7.32. The first-order chi connectivity index (χ1) is 16.8. The highest BCUT2D eigenvalue weighted by Crippen LogP contribution is 2.39. The number of aryl methyl sites for hydroxylation is 2. The zero-order chi connectivity index (χ0) is 24.7. The molecule has 176 valence electrons. The van der Waals surface area contributed by atoms with Gasteiger partial charge < -0.3 is 10.2 Å². The molecule has 1 aliphatic heterocycles. The molecule has 0 atom stereocenters. The van der Waals surface area contributed by atoms with Gasteiger partial charge in [0, 0.05) is 40.2 Å². The van der Waals surface area contributed by atoms with E-state index in [1.54, 1.807) is 42.5 Å². The van der Waals surface area contributed by atoms with Crippen molar-refractivity contribution < 1.29 is 14.0 Å². The zero-order valence-electron chi connectivity index (χ0n) is 19.7. The van der Waals surface area contributed by atoms with Crippen LogP contribution in [0.4, 0.5) is 15.8 Å². The Labute approximate surface area is 207 Å². The minimum Gasteiger partial charge on any atom is -0.322 e. The van der Waals surface area contributed by atoms with Crippen LogP contribution in [0.2, 0.25) is 0 Å². The van der Waals surface area contributed by atoms with E-state index in [-0.39, 0.29) is 11.5 Å². The first kappa shape index (κ1) is 22.9. The molecule has 0 saturated heterocycles. The Balaban J connectivity index is 1.42. The van der Waals surface area contributed by atoms with Crippen molar-refractivity contribution in [3.8, 4) is 11.3 Å². The van der Waals surface area contributed by atoms with Gasteiger partial charge in [-0.3, -0.25) is 9.59 Å². The average Bonchev–Trinajstić information content (AvgIpc) is 3.14. The molecule has 0 fully saturated rings. The molecule has 0 radical (unpaired) electrons. The van der Waals surface area contributed by atoms with Gasteiger partial charge in [-0.15, -0.1) is 11.3 Å². The van der Waals surface area contributed by atoms with Crippen molar-refractivity contribution in [3.63, 3.8) is 0 Å². The SMILES string of the molecule is Cc1nc2c(s1)CCN(C(=O)c1ccc(NC(=O)c3cccc(F)c3C)cc1C)c1ccccc1-2. The van der Waals surface area contributed by atoms with E-state index < -0.39 is 11.7 Å². The summed E-state index contributed by atoms with van der Waals surface area (Å²) < 4.78 is 13.9. The number of para-hydroxylation sites is 1. The number of nitrogens with one attached hydrogen (secondary N) is 1. The molecule has 0 bridgehead atoms. The molecule has 1 aliphatic rings. The third kappa shape index (κ3) is 4.23. The number of rotatable bonds is 3. The molecule has 0 saturated carbocycles. The van der Waals surface area contributed by atoms with Crippen molar-refractivity contribution in [3.05, 3.63) is 98.6 Å². The molecule has 4 aromatic rings. The predicted molar refractivity (Wildman–Crippen MR) is 138 cm³/mol. The lowest BCUT2D eigenvalue weighted by Crippen LogP contribution is -2.33. The molecule has 1 N–H and O–H groups in total. The number of amides is 2. The Morgan fingerprint density at radius 2 is 1.80 bits per heavy atom. The van der Waals surface area contributed by atoms with E-state index in [4.69, 9.17) is 4.98 Å². The van der Waals surface area contributed by atoms with Crippen LogP contribution < -0.4 is 10.2 Å². The smallest absolute Gasteiger partial charge is 0.258 e. The predicted octanol–water partition coefficient (Wildman–Crippen LogP) is 6.33. The van der Waals surface area contributed by atoms with Crippen molar-refractivity contribution in [1.29, 1.82) is 0 Å². The molecule has 0 unspecified atom stereocenters. The summed E-state index contributed by atoms with van der Waals surface area (Å²) in [6.45, 7) is 5.99. The van der Waals surface area contributed by atoms with Crippen LogP contribution in [0.5, 0.6) is 0 Å².